The third-order valence-electron chi connectivity index (χ3n) is 3.56. The van der Waals surface area contributed by atoms with Crippen molar-refractivity contribution in [3.63, 3.8) is 0 Å². The SMILES string of the molecule is CCCC(=O)Oc1cnc(N(c2ccc(S(=O)(=O)c3ccccc3)s2)S(=O)O)s1. The highest BCUT2D eigenvalue weighted by Crippen LogP contribution is 2.40. The minimum atomic E-state index is -3.75. The van der Waals surface area contributed by atoms with E-state index < -0.39 is 27.1 Å². The number of benzene rings is 1. The standard InChI is InChI=1S/C17H16N2O6S4/c1-2-6-14(20)25-15-11-18-17(27-15)19(28(21)22)13-9-10-16(26-13)29(23,24)12-7-4-3-5-8-12/h3-5,7-11H,2,6H2,1H3,(H,21,22). The maximum absolute atomic E-state index is 12.7. The number of anilines is 2. The van der Waals surface area contributed by atoms with E-state index in [0.29, 0.717) is 6.42 Å². The Bertz CT molecular complexity index is 1120. The second-order valence-electron chi connectivity index (χ2n) is 5.62. The minimum absolute atomic E-state index is 0.0281. The van der Waals surface area contributed by atoms with Crippen LogP contribution in [0.1, 0.15) is 19.8 Å². The molecule has 12 heteroatoms. The second kappa shape index (κ2) is 9.13. The third-order valence-corrected chi connectivity index (χ3v) is 8.66. The predicted molar refractivity (Wildman–Crippen MR) is 112 cm³/mol. The summed E-state index contributed by atoms with van der Waals surface area (Å²) in [6.45, 7) is 1.84. The van der Waals surface area contributed by atoms with Crippen molar-refractivity contribution in [2.45, 2.75) is 28.9 Å². The highest BCUT2D eigenvalue weighted by atomic mass is 32.2. The summed E-state index contributed by atoms with van der Waals surface area (Å²) < 4.78 is 53.3. The number of rotatable bonds is 8. The molecule has 3 aromatic rings. The van der Waals surface area contributed by atoms with Crippen LogP contribution in [-0.2, 0) is 25.9 Å². The Balaban J connectivity index is 1.89. The Labute approximate surface area is 178 Å². The molecule has 3 rings (SSSR count). The molecular formula is C17H16N2O6S4. The number of sulfone groups is 1. The fraction of sp³-hybridized carbons (Fsp3) is 0.176. The fourth-order valence-electron chi connectivity index (χ4n) is 2.28. The van der Waals surface area contributed by atoms with Gasteiger partial charge >= 0.3 is 5.97 Å². The summed E-state index contributed by atoms with van der Waals surface area (Å²) in [5.41, 5.74) is 0. The number of hydrogen-bond donors (Lipinski definition) is 1. The van der Waals surface area contributed by atoms with E-state index in [0.717, 1.165) is 27.0 Å². The number of thiazole rings is 1. The first-order chi connectivity index (χ1) is 13.8. The Hall–Kier alpha value is -2.12. The summed E-state index contributed by atoms with van der Waals surface area (Å²) in [6, 6.07) is 10.7. The summed E-state index contributed by atoms with van der Waals surface area (Å²) in [6.07, 6.45) is 2.16. The van der Waals surface area contributed by atoms with Crippen molar-refractivity contribution in [3.05, 3.63) is 48.7 Å². The van der Waals surface area contributed by atoms with Gasteiger partial charge in [0.05, 0.1) is 11.1 Å². The minimum Gasteiger partial charge on any atom is -0.414 e. The Kier molecular flexibility index (Phi) is 6.80. The summed E-state index contributed by atoms with van der Waals surface area (Å²) in [5.74, 6) is -0.424. The van der Waals surface area contributed by atoms with Gasteiger partial charge in [0.2, 0.25) is 20.0 Å². The molecule has 154 valence electrons. The van der Waals surface area contributed by atoms with Crippen molar-refractivity contribution in [3.8, 4) is 5.06 Å². The first-order valence-corrected chi connectivity index (χ1v) is 12.5. The average Bonchev–Trinajstić information content (AvgIpc) is 3.33. The molecule has 0 saturated heterocycles. The lowest BCUT2D eigenvalue weighted by Gasteiger charge is -2.13. The highest BCUT2D eigenvalue weighted by Gasteiger charge is 2.26. The van der Waals surface area contributed by atoms with E-state index in [1.54, 1.807) is 18.2 Å². The lowest BCUT2D eigenvalue weighted by molar-refractivity contribution is -0.134. The van der Waals surface area contributed by atoms with Crippen LogP contribution < -0.4 is 9.04 Å². The van der Waals surface area contributed by atoms with Gasteiger partial charge in [-0.25, -0.2) is 21.9 Å². The quantitative estimate of drug-likeness (QED) is 0.389. The zero-order valence-electron chi connectivity index (χ0n) is 15.0. The first-order valence-electron chi connectivity index (χ1n) is 8.30. The summed E-state index contributed by atoms with van der Waals surface area (Å²) in [7, 11) is -3.75. The number of thiophene rings is 1. The zero-order valence-corrected chi connectivity index (χ0v) is 18.3. The summed E-state index contributed by atoms with van der Waals surface area (Å²) in [4.78, 5) is 15.8. The fourth-order valence-corrected chi connectivity index (χ4v) is 6.67. The van der Waals surface area contributed by atoms with Crippen LogP contribution in [0.25, 0.3) is 0 Å². The van der Waals surface area contributed by atoms with Gasteiger partial charge < -0.3 is 4.74 Å². The van der Waals surface area contributed by atoms with Gasteiger partial charge in [0.15, 0.2) is 0 Å². The molecular weight excluding hydrogens is 456 g/mol. The maximum atomic E-state index is 12.7. The van der Waals surface area contributed by atoms with E-state index in [1.807, 2.05) is 6.92 Å². The van der Waals surface area contributed by atoms with E-state index in [9.17, 15) is 22.0 Å². The van der Waals surface area contributed by atoms with Gasteiger partial charge in [-0.2, -0.15) is 0 Å². The van der Waals surface area contributed by atoms with Gasteiger partial charge in [0.1, 0.15) is 9.21 Å². The van der Waals surface area contributed by atoms with Crippen LogP contribution in [0.4, 0.5) is 10.1 Å². The van der Waals surface area contributed by atoms with Crippen molar-refractivity contribution >= 4 is 59.9 Å². The Morgan fingerprint density at radius 1 is 1.21 bits per heavy atom. The molecule has 1 aromatic carbocycles. The van der Waals surface area contributed by atoms with Gasteiger partial charge in [-0.3, -0.25) is 9.35 Å². The van der Waals surface area contributed by atoms with Crippen molar-refractivity contribution < 1.29 is 26.7 Å². The van der Waals surface area contributed by atoms with Crippen LogP contribution in [0.3, 0.4) is 0 Å². The maximum Gasteiger partial charge on any atom is 0.312 e. The van der Waals surface area contributed by atoms with E-state index in [2.05, 4.69) is 4.98 Å². The second-order valence-corrected chi connectivity index (χ2v) is 10.7. The Morgan fingerprint density at radius 3 is 2.59 bits per heavy atom. The molecule has 0 aliphatic carbocycles. The zero-order chi connectivity index (χ0) is 21.0. The first kappa shape index (κ1) is 21.6. The lowest BCUT2D eigenvalue weighted by atomic mass is 10.3. The number of aromatic nitrogens is 1. The van der Waals surface area contributed by atoms with Crippen LogP contribution in [0.15, 0.2) is 57.8 Å². The number of hydrogen-bond acceptors (Lipinski definition) is 8. The number of esters is 1. The molecule has 0 spiro atoms. The van der Waals surface area contributed by atoms with Crippen LogP contribution in [0.5, 0.6) is 5.06 Å². The third kappa shape index (κ3) is 4.90. The van der Waals surface area contributed by atoms with Crippen molar-refractivity contribution in [2.24, 2.45) is 0 Å². The number of carbonyl (C=O) groups excluding carboxylic acids is 1. The van der Waals surface area contributed by atoms with Gasteiger partial charge in [0.25, 0.3) is 11.3 Å². The molecule has 0 fully saturated rings. The van der Waals surface area contributed by atoms with Crippen molar-refractivity contribution in [2.75, 3.05) is 4.31 Å². The molecule has 2 aromatic heterocycles. The monoisotopic (exact) mass is 472 g/mol. The molecule has 0 amide bonds. The molecule has 1 atom stereocenters. The molecule has 0 aliphatic heterocycles. The normalized spacial score (nSPS) is 12.5. The van der Waals surface area contributed by atoms with E-state index in [-0.39, 0.29) is 30.7 Å². The molecule has 8 nitrogen and oxygen atoms in total. The van der Waals surface area contributed by atoms with Gasteiger partial charge in [-0.05, 0) is 30.7 Å². The highest BCUT2D eigenvalue weighted by molar-refractivity contribution is 7.93. The molecule has 0 saturated carbocycles. The largest absolute Gasteiger partial charge is 0.414 e. The number of ether oxygens (including phenoxy) is 1. The molecule has 1 N–H and O–H groups in total. The van der Waals surface area contributed by atoms with Gasteiger partial charge in [0, 0.05) is 6.42 Å². The molecule has 0 radical (unpaired) electrons. The van der Waals surface area contributed by atoms with Crippen LogP contribution >= 0.6 is 22.7 Å². The van der Waals surface area contributed by atoms with E-state index in [4.69, 9.17) is 4.74 Å². The van der Waals surface area contributed by atoms with Crippen molar-refractivity contribution in [1.82, 2.24) is 4.98 Å². The Morgan fingerprint density at radius 2 is 1.93 bits per heavy atom. The molecule has 2 heterocycles. The van der Waals surface area contributed by atoms with E-state index >= 15 is 0 Å². The molecule has 1 unspecified atom stereocenters. The van der Waals surface area contributed by atoms with E-state index in [1.165, 1.54) is 30.5 Å². The predicted octanol–water partition coefficient (Wildman–Crippen LogP) is 4.02. The van der Waals surface area contributed by atoms with Crippen LogP contribution in [0.2, 0.25) is 0 Å². The van der Waals surface area contributed by atoms with Gasteiger partial charge in [-0.1, -0.05) is 36.5 Å². The number of nitrogens with zero attached hydrogens (tertiary/aromatic N) is 2. The van der Waals surface area contributed by atoms with Gasteiger partial charge in [-0.15, -0.1) is 11.3 Å². The molecule has 0 aliphatic rings. The molecule has 0 bridgehead atoms. The smallest absolute Gasteiger partial charge is 0.312 e. The molecule has 29 heavy (non-hydrogen) atoms. The lowest BCUT2D eigenvalue weighted by Crippen LogP contribution is -2.17. The summed E-state index contributed by atoms with van der Waals surface area (Å²) in [5, 5.41) is 0.486. The summed E-state index contributed by atoms with van der Waals surface area (Å²) >= 11 is -0.761. The van der Waals surface area contributed by atoms with Crippen LogP contribution in [-0.4, -0.2) is 28.1 Å². The van der Waals surface area contributed by atoms with Crippen LogP contribution in [0, 0.1) is 0 Å². The average molecular weight is 473 g/mol. The van der Waals surface area contributed by atoms with Crippen molar-refractivity contribution in [1.29, 1.82) is 0 Å². The number of carbonyl (C=O) groups is 1. The topological polar surface area (TPSA) is 114 Å².